The molecule has 4 heteroatoms. The van der Waals surface area contributed by atoms with Crippen molar-refractivity contribution in [3.8, 4) is 5.75 Å². The van der Waals surface area contributed by atoms with Crippen LogP contribution in [0.15, 0.2) is 24.3 Å². The molecule has 0 radical (unpaired) electrons. The molecule has 0 aliphatic heterocycles. The van der Waals surface area contributed by atoms with Crippen molar-refractivity contribution in [1.82, 2.24) is 0 Å². The first-order valence-corrected chi connectivity index (χ1v) is 7.37. The Morgan fingerprint density at radius 1 is 1.24 bits per heavy atom. The largest absolute Gasteiger partial charge is 0.494 e. The van der Waals surface area contributed by atoms with Crippen molar-refractivity contribution in [3.63, 3.8) is 0 Å². The number of methoxy groups -OCH3 is 1. The van der Waals surface area contributed by atoms with Gasteiger partial charge in [-0.2, -0.15) is 0 Å². The summed E-state index contributed by atoms with van der Waals surface area (Å²) >= 11 is 0. The van der Waals surface area contributed by atoms with Gasteiger partial charge in [-0.05, 0) is 30.7 Å². The molecule has 0 fully saturated rings. The van der Waals surface area contributed by atoms with E-state index in [0.29, 0.717) is 6.61 Å². The minimum atomic E-state index is -0.490. The molecule has 0 bridgehead atoms. The van der Waals surface area contributed by atoms with Crippen molar-refractivity contribution in [1.29, 1.82) is 0 Å². The molecule has 0 N–H and O–H groups in total. The maximum Gasteiger partial charge on any atom is 0.313 e. The molecule has 0 spiro atoms. The predicted octanol–water partition coefficient (Wildman–Crippen LogP) is 4.17. The average molecular weight is 289 g/mol. The van der Waals surface area contributed by atoms with Crippen LogP contribution in [0.2, 0.25) is 0 Å². The Morgan fingerprint density at radius 2 is 1.95 bits per heavy atom. The lowest BCUT2D eigenvalue weighted by atomic mass is 10.0. The lowest BCUT2D eigenvalue weighted by Crippen LogP contribution is -2.06. The zero-order valence-corrected chi connectivity index (χ0v) is 12.8. The molecule has 0 aromatic heterocycles. The van der Waals surface area contributed by atoms with Gasteiger partial charge in [-0.1, -0.05) is 26.2 Å². The van der Waals surface area contributed by atoms with Crippen LogP contribution in [0.25, 0.3) is 4.85 Å². The van der Waals surface area contributed by atoms with E-state index in [9.17, 15) is 4.79 Å². The summed E-state index contributed by atoms with van der Waals surface area (Å²) in [6.45, 7) is 10.1. The van der Waals surface area contributed by atoms with Crippen LogP contribution in [0.5, 0.6) is 5.75 Å². The van der Waals surface area contributed by atoms with Crippen molar-refractivity contribution in [2.45, 2.75) is 45.1 Å². The number of hydrogen-bond donors (Lipinski definition) is 0. The van der Waals surface area contributed by atoms with E-state index in [1.54, 1.807) is 0 Å². The maximum absolute atomic E-state index is 11.3. The summed E-state index contributed by atoms with van der Waals surface area (Å²) in [6, 6.07) is 6.89. The fourth-order valence-corrected chi connectivity index (χ4v) is 1.98. The van der Waals surface area contributed by atoms with Gasteiger partial charge in [-0.3, -0.25) is 4.79 Å². The molecule has 0 heterocycles. The Kier molecular flexibility index (Phi) is 7.96. The Bertz CT molecular complexity index is 462. The highest BCUT2D eigenvalue weighted by molar-refractivity contribution is 5.70. The molecule has 1 aromatic rings. The number of esters is 1. The smallest absolute Gasteiger partial charge is 0.313 e. The standard InChI is InChI=1S/C17H23NO3/c1-4-5-6-7-12-21-15-10-8-14(9-11-15)16(18-2)13-17(19)20-3/h8-11,16H,4-7,12-13H2,1,3H3. The molecule has 0 amide bonds. The summed E-state index contributed by atoms with van der Waals surface area (Å²) in [4.78, 5) is 14.7. The number of carbonyl (C=O) groups excluding carboxylic acids is 1. The first kappa shape index (κ1) is 17.0. The highest BCUT2D eigenvalue weighted by Gasteiger charge is 2.20. The molecule has 0 aliphatic rings. The Balaban J connectivity index is 2.48. The second-order valence-electron chi connectivity index (χ2n) is 4.90. The van der Waals surface area contributed by atoms with E-state index in [0.717, 1.165) is 17.7 Å². The van der Waals surface area contributed by atoms with Gasteiger partial charge in [0.25, 0.3) is 6.04 Å². The number of carbonyl (C=O) groups is 1. The second kappa shape index (κ2) is 9.82. The molecule has 0 saturated heterocycles. The summed E-state index contributed by atoms with van der Waals surface area (Å²) in [7, 11) is 1.33. The minimum Gasteiger partial charge on any atom is -0.494 e. The van der Waals surface area contributed by atoms with Gasteiger partial charge >= 0.3 is 5.97 Å². The van der Waals surface area contributed by atoms with E-state index < -0.39 is 6.04 Å². The normalized spacial score (nSPS) is 11.5. The fourth-order valence-electron chi connectivity index (χ4n) is 1.98. The van der Waals surface area contributed by atoms with Gasteiger partial charge in [0.1, 0.15) is 12.2 Å². The van der Waals surface area contributed by atoms with Crippen LogP contribution < -0.4 is 4.74 Å². The van der Waals surface area contributed by atoms with E-state index in [1.165, 1.54) is 26.4 Å². The van der Waals surface area contributed by atoms with Crippen LogP contribution in [-0.2, 0) is 9.53 Å². The first-order valence-electron chi connectivity index (χ1n) is 7.37. The van der Waals surface area contributed by atoms with Gasteiger partial charge < -0.3 is 14.3 Å². The number of nitrogens with zero attached hydrogens (tertiary/aromatic N) is 1. The van der Waals surface area contributed by atoms with Crippen molar-refractivity contribution in [2.24, 2.45) is 0 Å². The molecule has 1 unspecified atom stereocenters. The van der Waals surface area contributed by atoms with Gasteiger partial charge in [0.2, 0.25) is 0 Å². The zero-order chi connectivity index (χ0) is 15.5. The van der Waals surface area contributed by atoms with Crippen LogP contribution in [-0.4, -0.2) is 19.7 Å². The number of hydrogen-bond acceptors (Lipinski definition) is 3. The molecule has 1 atom stereocenters. The molecule has 4 nitrogen and oxygen atoms in total. The van der Waals surface area contributed by atoms with Crippen LogP contribution in [0, 0.1) is 6.57 Å². The van der Waals surface area contributed by atoms with Crippen LogP contribution in [0.1, 0.15) is 50.6 Å². The summed E-state index contributed by atoms with van der Waals surface area (Å²) in [5.41, 5.74) is 0.814. The molecule has 0 aliphatic carbocycles. The fraction of sp³-hybridized carbons (Fsp3) is 0.529. The van der Waals surface area contributed by atoms with Crippen molar-refractivity contribution >= 4 is 5.97 Å². The van der Waals surface area contributed by atoms with E-state index in [4.69, 9.17) is 11.3 Å². The topological polar surface area (TPSA) is 39.9 Å². The molecular formula is C17H23NO3. The lowest BCUT2D eigenvalue weighted by Gasteiger charge is -2.08. The molecule has 0 saturated carbocycles. The third-order valence-corrected chi connectivity index (χ3v) is 3.28. The Labute approximate surface area is 126 Å². The molecule has 21 heavy (non-hydrogen) atoms. The van der Waals surface area contributed by atoms with E-state index in [2.05, 4.69) is 16.5 Å². The van der Waals surface area contributed by atoms with E-state index in [-0.39, 0.29) is 12.4 Å². The summed E-state index contributed by atoms with van der Waals surface area (Å²) in [6.07, 6.45) is 4.78. The number of rotatable bonds is 9. The van der Waals surface area contributed by atoms with Gasteiger partial charge in [-0.15, -0.1) is 0 Å². The van der Waals surface area contributed by atoms with Crippen molar-refractivity contribution in [3.05, 3.63) is 41.2 Å². The summed E-state index contributed by atoms with van der Waals surface area (Å²) < 4.78 is 10.3. The molecule has 1 aromatic carbocycles. The molecular weight excluding hydrogens is 266 g/mol. The Hall–Kier alpha value is -2.02. The van der Waals surface area contributed by atoms with Gasteiger partial charge in [0, 0.05) is 5.56 Å². The number of benzene rings is 1. The Morgan fingerprint density at radius 3 is 2.52 bits per heavy atom. The molecule has 1 rings (SSSR count). The highest BCUT2D eigenvalue weighted by Crippen LogP contribution is 2.24. The third-order valence-electron chi connectivity index (χ3n) is 3.28. The van der Waals surface area contributed by atoms with Gasteiger partial charge in [-0.25, -0.2) is 6.57 Å². The number of unbranched alkanes of at least 4 members (excludes halogenated alkanes) is 3. The van der Waals surface area contributed by atoms with Crippen LogP contribution in [0.4, 0.5) is 0 Å². The SMILES string of the molecule is [C-]#[N+]C(CC(=O)OC)c1ccc(OCCCCCC)cc1. The first-order chi connectivity index (χ1) is 10.2. The second-order valence-corrected chi connectivity index (χ2v) is 4.90. The average Bonchev–Trinajstić information content (AvgIpc) is 2.53. The summed E-state index contributed by atoms with van der Waals surface area (Å²) in [5, 5.41) is 0. The van der Waals surface area contributed by atoms with Crippen molar-refractivity contribution in [2.75, 3.05) is 13.7 Å². The third kappa shape index (κ3) is 6.31. The number of ether oxygens (including phenoxy) is 2. The van der Waals surface area contributed by atoms with E-state index >= 15 is 0 Å². The highest BCUT2D eigenvalue weighted by atomic mass is 16.5. The van der Waals surface area contributed by atoms with Crippen LogP contribution in [0.3, 0.4) is 0 Å². The maximum atomic E-state index is 11.3. The van der Waals surface area contributed by atoms with Crippen molar-refractivity contribution < 1.29 is 14.3 Å². The van der Waals surface area contributed by atoms with E-state index in [1.807, 2.05) is 24.3 Å². The monoisotopic (exact) mass is 289 g/mol. The predicted molar refractivity (Wildman–Crippen MR) is 82.1 cm³/mol. The lowest BCUT2D eigenvalue weighted by molar-refractivity contribution is -0.140. The zero-order valence-electron chi connectivity index (χ0n) is 12.8. The molecule has 114 valence electrons. The minimum absolute atomic E-state index is 0.0806. The quantitative estimate of drug-likeness (QED) is 0.389. The van der Waals surface area contributed by atoms with Gasteiger partial charge in [0.05, 0.1) is 13.7 Å². The van der Waals surface area contributed by atoms with Gasteiger partial charge in [0.15, 0.2) is 0 Å². The van der Waals surface area contributed by atoms with Crippen LogP contribution >= 0.6 is 0 Å². The summed E-state index contributed by atoms with van der Waals surface area (Å²) in [5.74, 6) is 0.435.